The number of fused-ring (bicyclic) bond motifs is 1. The van der Waals surface area contributed by atoms with Crippen LogP contribution in [0.5, 0.6) is 0 Å². The van der Waals surface area contributed by atoms with Crippen molar-refractivity contribution in [2.75, 3.05) is 13.7 Å². The summed E-state index contributed by atoms with van der Waals surface area (Å²) in [7, 11) is 1.30. The third-order valence-corrected chi connectivity index (χ3v) is 3.19. The Kier molecular flexibility index (Phi) is 4.42. The molecular formula is C16H17NO4. The van der Waals surface area contributed by atoms with Crippen LogP contribution in [0.2, 0.25) is 0 Å². The number of carbonyl (C=O) groups excluding carboxylic acids is 2. The number of benzene rings is 1. The fourth-order valence-electron chi connectivity index (χ4n) is 1.88. The maximum Gasteiger partial charge on any atom is 0.330 e. The van der Waals surface area contributed by atoms with Gasteiger partial charge in [0.25, 0.3) is 5.91 Å². The number of rotatable bonds is 4. The van der Waals surface area contributed by atoms with E-state index in [2.05, 4.69) is 10.1 Å². The van der Waals surface area contributed by atoms with Crippen molar-refractivity contribution >= 4 is 22.8 Å². The lowest BCUT2D eigenvalue weighted by Crippen LogP contribution is -2.22. The lowest BCUT2D eigenvalue weighted by atomic mass is 10.1. The Labute approximate surface area is 122 Å². The molecule has 2 aromatic rings. The number of hydrogen-bond acceptors (Lipinski definition) is 4. The summed E-state index contributed by atoms with van der Waals surface area (Å²) in [6, 6.07) is 5.61. The van der Waals surface area contributed by atoms with Crippen LogP contribution in [0.25, 0.3) is 11.0 Å². The molecule has 0 aliphatic heterocycles. The number of furan rings is 1. The molecule has 0 aliphatic rings. The second kappa shape index (κ2) is 6.26. The van der Waals surface area contributed by atoms with Gasteiger partial charge in [0, 0.05) is 18.0 Å². The molecule has 0 fully saturated rings. The van der Waals surface area contributed by atoms with Gasteiger partial charge in [-0.1, -0.05) is 6.08 Å². The number of nitrogens with one attached hydrogen (secondary N) is 1. The standard InChI is InChI=1S/C16H17NO4/c1-10-7-12-9-14(21-13(12)8-11(10)2)16(19)17-6-4-5-15(18)20-3/h4-5,7-9H,6H2,1-3H3,(H,17,19)/b5-4+. The van der Waals surface area contributed by atoms with E-state index >= 15 is 0 Å². The van der Waals surface area contributed by atoms with Crippen molar-refractivity contribution < 1.29 is 18.7 Å². The summed E-state index contributed by atoms with van der Waals surface area (Å²) < 4.78 is 9.98. The van der Waals surface area contributed by atoms with Crippen LogP contribution >= 0.6 is 0 Å². The lowest BCUT2D eigenvalue weighted by Gasteiger charge is -1.98. The molecule has 1 heterocycles. The van der Waals surface area contributed by atoms with Gasteiger partial charge in [-0.2, -0.15) is 0 Å². The van der Waals surface area contributed by atoms with Crippen LogP contribution < -0.4 is 5.32 Å². The third kappa shape index (κ3) is 3.51. The van der Waals surface area contributed by atoms with Crippen LogP contribution in [0.3, 0.4) is 0 Å². The molecule has 1 aromatic carbocycles. The Hall–Kier alpha value is -2.56. The average molecular weight is 287 g/mol. The van der Waals surface area contributed by atoms with Gasteiger partial charge in [0.05, 0.1) is 7.11 Å². The van der Waals surface area contributed by atoms with Gasteiger partial charge >= 0.3 is 5.97 Å². The van der Waals surface area contributed by atoms with Crippen LogP contribution in [0.15, 0.2) is 34.8 Å². The number of carbonyl (C=O) groups is 2. The maximum atomic E-state index is 11.9. The van der Waals surface area contributed by atoms with Crippen molar-refractivity contribution in [3.05, 3.63) is 47.2 Å². The first kappa shape index (κ1) is 14.8. The van der Waals surface area contributed by atoms with E-state index < -0.39 is 5.97 Å². The summed E-state index contributed by atoms with van der Waals surface area (Å²) in [5, 5.41) is 3.54. The predicted octanol–water partition coefficient (Wildman–Crippen LogP) is 2.51. The minimum atomic E-state index is -0.459. The van der Waals surface area contributed by atoms with E-state index in [0.717, 1.165) is 16.5 Å². The van der Waals surface area contributed by atoms with Gasteiger partial charge in [0.15, 0.2) is 5.76 Å². The Morgan fingerprint density at radius 2 is 1.95 bits per heavy atom. The Bertz CT molecular complexity index is 673. The number of amides is 1. The van der Waals surface area contributed by atoms with E-state index in [1.807, 2.05) is 26.0 Å². The molecule has 1 N–H and O–H groups in total. The van der Waals surface area contributed by atoms with Crippen LogP contribution in [-0.2, 0) is 9.53 Å². The molecular weight excluding hydrogens is 270 g/mol. The van der Waals surface area contributed by atoms with Crippen molar-refractivity contribution in [3.8, 4) is 0 Å². The molecule has 0 aliphatic carbocycles. The molecule has 2 rings (SSSR count). The van der Waals surface area contributed by atoms with Gasteiger partial charge in [-0.15, -0.1) is 0 Å². The van der Waals surface area contributed by atoms with Gasteiger partial charge in [-0.25, -0.2) is 4.79 Å². The van der Waals surface area contributed by atoms with Crippen LogP contribution in [-0.4, -0.2) is 25.5 Å². The molecule has 0 bridgehead atoms. The molecule has 0 saturated heterocycles. The summed E-state index contributed by atoms with van der Waals surface area (Å²) in [5.74, 6) is -0.531. The van der Waals surface area contributed by atoms with Crippen molar-refractivity contribution in [2.24, 2.45) is 0 Å². The number of hydrogen-bond donors (Lipinski definition) is 1. The molecule has 5 nitrogen and oxygen atoms in total. The van der Waals surface area contributed by atoms with E-state index in [9.17, 15) is 9.59 Å². The zero-order chi connectivity index (χ0) is 15.4. The molecule has 0 atom stereocenters. The van der Waals surface area contributed by atoms with Crippen molar-refractivity contribution in [1.29, 1.82) is 0 Å². The minimum Gasteiger partial charge on any atom is -0.466 e. The highest BCUT2D eigenvalue weighted by molar-refractivity contribution is 5.96. The van der Waals surface area contributed by atoms with E-state index in [-0.39, 0.29) is 18.2 Å². The fraction of sp³-hybridized carbons (Fsp3) is 0.250. The van der Waals surface area contributed by atoms with Crippen molar-refractivity contribution in [1.82, 2.24) is 5.32 Å². The summed E-state index contributed by atoms with van der Waals surface area (Å²) in [6.07, 6.45) is 2.77. The first-order valence-corrected chi connectivity index (χ1v) is 6.54. The first-order valence-electron chi connectivity index (χ1n) is 6.54. The highest BCUT2D eigenvalue weighted by Gasteiger charge is 2.12. The summed E-state index contributed by atoms with van der Waals surface area (Å²) in [4.78, 5) is 22.8. The summed E-state index contributed by atoms with van der Waals surface area (Å²) in [6.45, 7) is 4.23. The van der Waals surface area contributed by atoms with Gasteiger partial charge < -0.3 is 14.5 Å². The average Bonchev–Trinajstić information content (AvgIpc) is 2.86. The predicted molar refractivity (Wildman–Crippen MR) is 79.2 cm³/mol. The van der Waals surface area contributed by atoms with Gasteiger partial charge in [-0.05, 0) is 43.2 Å². The van der Waals surface area contributed by atoms with Crippen LogP contribution in [0, 0.1) is 13.8 Å². The molecule has 0 spiro atoms. The Morgan fingerprint density at radius 3 is 2.67 bits per heavy atom. The van der Waals surface area contributed by atoms with E-state index in [1.165, 1.54) is 19.3 Å². The SMILES string of the molecule is COC(=O)/C=C/CNC(=O)c1cc2cc(C)c(C)cc2o1. The Morgan fingerprint density at radius 1 is 1.24 bits per heavy atom. The van der Waals surface area contributed by atoms with Gasteiger partial charge in [0.2, 0.25) is 0 Å². The molecule has 1 amide bonds. The largest absolute Gasteiger partial charge is 0.466 e. The Balaban J connectivity index is 2.06. The van der Waals surface area contributed by atoms with E-state index in [1.54, 1.807) is 6.07 Å². The van der Waals surface area contributed by atoms with Crippen molar-refractivity contribution in [3.63, 3.8) is 0 Å². The maximum absolute atomic E-state index is 11.9. The molecule has 21 heavy (non-hydrogen) atoms. The minimum absolute atomic E-state index is 0.225. The molecule has 0 radical (unpaired) electrons. The molecule has 1 aromatic heterocycles. The zero-order valence-electron chi connectivity index (χ0n) is 12.2. The molecule has 110 valence electrons. The molecule has 0 unspecified atom stereocenters. The van der Waals surface area contributed by atoms with Crippen molar-refractivity contribution in [2.45, 2.75) is 13.8 Å². The quantitative estimate of drug-likeness (QED) is 0.693. The third-order valence-electron chi connectivity index (χ3n) is 3.19. The smallest absolute Gasteiger partial charge is 0.330 e. The monoisotopic (exact) mass is 287 g/mol. The zero-order valence-corrected chi connectivity index (χ0v) is 12.2. The fourth-order valence-corrected chi connectivity index (χ4v) is 1.88. The number of ether oxygens (including phenoxy) is 1. The summed E-state index contributed by atoms with van der Waals surface area (Å²) in [5.41, 5.74) is 2.95. The summed E-state index contributed by atoms with van der Waals surface area (Å²) >= 11 is 0. The number of aryl methyl sites for hydroxylation is 2. The topological polar surface area (TPSA) is 68.5 Å². The second-order valence-electron chi connectivity index (χ2n) is 4.72. The lowest BCUT2D eigenvalue weighted by molar-refractivity contribution is -0.134. The van der Waals surface area contributed by atoms with Crippen LogP contribution in [0.1, 0.15) is 21.7 Å². The molecule has 0 saturated carbocycles. The van der Waals surface area contributed by atoms with E-state index in [4.69, 9.17) is 4.42 Å². The second-order valence-corrected chi connectivity index (χ2v) is 4.72. The highest BCUT2D eigenvalue weighted by Crippen LogP contribution is 2.23. The van der Waals surface area contributed by atoms with E-state index in [0.29, 0.717) is 5.58 Å². The number of methoxy groups -OCH3 is 1. The highest BCUT2D eigenvalue weighted by atomic mass is 16.5. The van der Waals surface area contributed by atoms with Gasteiger partial charge in [0.1, 0.15) is 5.58 Å². The first-order chi connectivity index (χ1) is 10.0. The van der Waals surface area contributed by atoms with Crippen LogP contribution in [0.4, 0.5) is 0 Å². The number of esters is 1. The molecule has 5 heteroatoms. The van der Waals surface area contributed by atoms with Gasteiger partial charge in [-0.3, -0.25) is 4.79 Å². The normalized spacial score (nSPS) is 11.0.